The molecule has 0 rings (SSSR count). The number of aliphatic hydroxyl groups excluding tert-OH is 1. The predicted octanol–water partition coefficient (Wildman–Crippen LogP) is 1.07. The summed E-state index contributed by atoms with van der Waals surface area (Å²) in [7, 11) is 0. The third-order valence-corrected chi connectivity index (χ3v) is 1.05. The van der Waals surface area contributed by atoms with Gasteiger partial charge in [0.25, 0.3) is 0 Å². The van der Waals surface area contributed by atoms with Crippen LogP contribution >= 0.6 is 0 Å². The molecule has 0 heterocycles. The minimum Gasteiger partial charge on any atom is -0.389 e. The summed E-state index contributed by atoms with van der Waals surface area (Å²) in [5.74, 6) is 0. The lowest BCUT2D eigenvalue weighted by Gasteiger charge is -1.99. The van der Waals surface area contributed by atoms with Crippen molar-refractivity contribution in [3.63, 3.8) is 0 Å². The molecule has 0 aliphatic rings. The van der Waals surface area contributed by atoms with E-state index in [-0.39, 0.29) is 0 Å². The lowest BCUT2D eigenvalue weighted by atomic mass is 10.2. The highest BCUT2D eigenvalue weighted by molar-refractivity contribution is 5.72. The van der Waals surface area contributed by atoms with Crippen LogP contribution in [-0.2, 0) is 4.79 Å². The second-order valence-corrected chi connectivity index (χ2v) is 2.12. The Balaban J connectivity index is 3.84. The van der Waals surface area contributed by atoms with E-state index >= 15 is 0 Å². The van der Waals surface area contributed by atoms with Crippen molar-refractivity contribution < 1.29 is 9.90 Å². The lowest BCUT2D eigenvalue weighted by molar-refractivity contribution is -0.104. The smallest absolute Gasteiger partial charge is 0.145 e. The van der Waals surface area contributed by atoms with E-state index in [0.717, 1.165) is 0 Å². The summed E-state index contributed by atoms with van der Waals surface area (Å²) in [6, 6.07) is 0. The Labute approximate surface area is 60.9 Å². The van der Waals surface area contributed by atoms with E-state index < -0.39 is 6.10 Å². The van der Waals surface area contributed by atoms with Gasteiger partial charge in [-0.3, -0.25) is 4.79 Å². The van der Waals surface area contributed by atoms with E-state index in [1.807, 2.05) is 0 Å². The SMILES string of the molecule is C=CCC(O)/C=C(/C)C=O. The van der Waals surface area contributed by atoms with Crippen LogP contribution in [-0.4, -0.2) is 17.5 Å². The number of rotatable bonds is 4. The molecule has 0 bridgehead atoms. The fraction of sp³-hybridized carbons (Fsp3) is 0.375. The van der Waals surface area contributed by atoms with Crippen LogP contribution in [0.3, 0.4) is 0 Å². The van der Waals surface area contributed by atoms with Gasteiger partial charge in [-0.15, -0.1) is 6.58 Å². The van der Waals surface area contributed by atoms with E-state index in [0.29, 0.717) is 18.3 Å². The Morgan fingerprint density at radius 2 is 2.40 bits per heavy atom. The van der Waals surface area contributed by atoms with Gasteiger partial charge in [0.1, 0.15) is 6.29 Å². The predicted molar refractivity (Wildman–Crippen MR) is 40.6 cm³/mol. The molecule has 0 amide bonds. The molecule has 0 aromatic heterocycles. The van der Waals surface area contributed by atoms with Gasteiger partial charge in [0.15, 0.2) is 0 Å². The monoisotopic (exact) mass is 140 g/mol. The Hall–Kier alpha value is -0.890. The summed E-state index contributed by atoms with van der Waals surface area (Å²) < 4.78 is 0. The van der Waals surface area contributed by atoms with Crippen molar-refractivity contribution >= 4 is 6.29 Å². The van der Waals surface area contributed by atoms with E-state index in [2.05, 4.69) is 6.58 Å². The Kier molecular flexibility index (Phi) is 4.50. The molecule has 2 heteroatoms. The quantitative estimate of drug-likeness (QED) is 0.360. The normalized spacial score (nSPS) is 14.4. The topological polar surface area (TPSA) is 37.3 Å². The average molecular weight is 140 g/mol. The Bertz CT molecular complexity index is 147. The molecule has 0 saturated carbocycles. The average Bonchev–Trinajstić information content (AvgIpc) is 1.88. The first kappa shape index (κ1) is 9.11. The molecule has 1 unspecified atom stereocenters. The standard InChI is InChI=1S/C8H12O2/c1-3-4-8(10)5-7(2)6-9/h3,5-6,8,10H,1,4H2,2H3/b7-5-. The molecule has 0 saturated heterocycles. The first-order chi connectivity index (χ1) is 4.70. The maximum Gasteiger partial charge on any atom is 0.145 e. The third kappa shape index (κ3) is 4.04. The maximum atomic E-state index is 10.0. The number of hydrogen-bond acceptors (Lipinski definition) is 2. The second kappa shape index (κ2) is 4.94. The molecule has 1 N–H and O–H groups in total. The van der Waals surface area contributed by atoms with Gasteiger partial charge in [-0.05, 0) is 25.0 Å². The molecule has 10 heavy (non-hydrogen) atoms. The molecule has 56 valence electrons. The van der Waals surface area contributed by atoms with Crippen LogP contribution in [0.25, 0.3) is 0 Å². The fourth-order valence-electron chi connectivity index (χ4n) is 0.582. The molecule has 2 nitrogen and oxygen atoms in total. The van der Waals surface area contributed by atoms with Crippen LogP contribution < -0.4 is 0 Å². The van der Waals surface area contributed by atoms with E-state index in [9.17, 15) is 4.79 Å². The highest BCUT2D eigenvalue weighted by atomic mass is 16.3. The Morgan fingerprint density at radius 3 is 2.80 bits per heavy atom. The number of hydrogen-bond donors (Lipinski definition) is 1. The van der Waals surface area contributed by atoms with Crippen molar-refractivity contribution in [3.05, 3.63) is 24.3 Å². The number of aldehydes is 1. The fourth-order valence-corrected chi connectivity index (χ4v) is 0.582. The summed E-state index contributed by atoms with van der Waals surface area (Å²) in [6.45, 7) is 5.11. The van der Waals surface area contributed by atoms with Crippen LogP contribution in [0.5, 0.6) is 0 Å². The molecule has 0 aliphatic carbocycles. The van der Waals surface area contributed by atoms with E-state index in [4.69, 9.17) is 5.11 Å². The van der Waals surface area contributed by atoms with Crippen molar-refractivity contribution in [2.75, 3.05) is 0 Å². The molecule has 0 radical (unpaired) electrons. The number of allylic oxidation sites excluding steroid dienone is 1. The summed E-state index contributed by atoms with van der Waals surface area (Å²) >= 11 is 0. The molecule has 1 atom stereocenters. The van der Waals surface area contributed by atoms with Crippen LogP contribution in [0.2, 0.25) is 0 Å². The van der Waals surface area contributed by atoms with Gasteiger partial charge in [-0.1, -0.05) is 6.08 Å². The van der Waals surface area contributed by atoms with Crippen LogP contribution in [0, 0.1) is 0 Å². The third-order valence-electron chi connectivity index (χ3n) is 1.05. The van der Waals surface area contributed by atoms with Gasteiger partial charge in [-0.2, -0.15) is 0 Å². The molecule has 0 fully saturated rings. The minimum absolute atomic E-state index is 0.491. The van der Waals surface area contributed by atoms with Crippen LogP contribution in [0.4, 0.5) is 0 Å². The summed E-state index contributed by atoms with van der Waals surface area (Å²) in [5, 5.41) is 9.04. The molecule has 0 spiro atoms. The first-order valence-corrected chi connectivity index (χ1v) is 3.13. The zero-order valence-corrected chi connectivity index (χ0v) is 6.08. The summed E-state index contributed by atoms with van der Waals surface area (Å²) in [5.41, 5.74) is 0.550. The number of carbonyl (C=O) groups excluding carboxylic acids is 1. The minimum atomic E-state index is -0.567. The van der Waals surface area contributed by atoms with Crippen molar-refractivity contribution in [2.45, 2.75) is 19.4 Å². The highest BCUT2D eigenvalue weighted by Crippen LogP contribution is 1.97. The highest BCUT2D eigenvalue weighted by Gasteiger charge is 1.95. The zero-order chi connectivity index (χ0) is 7.98. The maximum absolute atomic E-state index is 10.0. The van der Waals surface area contributed by atoms with Gasteiger partial charge in [0.05, 0.1) is 6.10 Å². The van der Waals surface area contributed by atoms with Gasteiger partial charge >= 0.3 is 0 Å². The van der Waals surface area contributed by atoms with Gasteiger partial charge in [-0.25, -0.2) is 0 Å². The molecule has 0 aliphatic heterocycles. The molecular formula is C8H12O2. The largest absolute Gasteiger partial charge is 0.389 e. The van der Waals surface area contributed by atoms with Gasteiger partial charge < -0.3 is 5.11 Å². The van der Waals surface area contributed by atoms with Crippen LogP contribution in [0.1, 0.15) is 13.3 Å². The van der Waals surface area contributed by atoms with Crippen molar-refractivity contribution in [1.82, 2.24) is 0 Å². The van der Waals surface area contributed by atoms with E-state index in [1.165, 1.54) is 6.08 Å². The van der Waals surface area contributed by atoms with Crippen molar-refractivity contribution in [2.24, 2.45) is 0 Å². The number of aliphatic hydroxyl groups is 1. The summed E-state index contributed by atoms with van der Waals surface area (Å²) in [4.78, 5) is 10.0. The summed E-state index contributed by atoms with van der Waals surface area (Å²) in [6.07, 6.45) is 3.76. The first-order valence-electron chi connectivity index (χ1n) is 3.13. The van der Waals surface area contributed by atoms with E-state index in [1.54, 1.807) is 13.0 Å². The van der Waals surface area contributed by atoms with Crippen LogP contribution in [0.15, 0.2) is 24.3 Å². The molecule has 0 aromatic rings. The van der Waals surface area contributed by atoms with Gasteiger partial charge in [0.2, 0.25) is 0 Å². The van der Waals surface area contributed by atoms with Crippen molar-refractivity contribution in [1.29, 1.82) is 0 Å². The molecule has 0 aromatic carbocycles. The van der Waals surface area contributed by atoms with Gasteiger partial charge in [0, 0.05) is 0 Å². The lowest BCUT2D eigenvalue weighted by Crippen LogP contribution is -2.00. The zero-order valence-electron chi connectivity index (χ0n) is 6.08. The molecular weight excluding hydrogens is 128 g/mol. The second-order valence-electron chi connectivity index (χ2n) is 2.12. The number of carbonyl (C=O) groups is 1. The van der Waals surface area contributed by atoms with Crippen molar-refractivity contribution in [3.8, 4) is 0 Å². The Morgan fingerprint density at radius 1 is 1.80 bits per heavy atom.